The molecule has 0 unspecified atom stereocenters. The van der Waals surface area contributed by atoms with Gasteiger partial charge in [-0.3, -0.25) is 19.3 Å². The second-order valence-electron chi connectivity index (χ2n) is 8.21. The average molecular weight is 593 g/mol. The number of fused-ring (bicyclic) bond motifs is 2. The molecule has 0 fully saturated rings. The van der Waals surface area contributed by atoms with Crippen molar-refractivity contribution in [3.63, 3.8) is 0 Å². The molecule has 0 atom stereocenters. The number of para-hydroxylation sites is 1. The summed E-state index contributed by atoms with van der Waals surface area (Å²) in [5.74, 6) is -0.385. The summed E-state index contributed by atoms with van der Waals surface area (Å²) >= 11 is 10.4. The zero-order valence-electron chi connectivity index (χ0n) is 18.8. The maximum Gasteiger partial charge on any atom is 0.291 e. The Bertz CT molecular complexity index is 1820. The van der Waals surface area contributed by atoms with E-state index in [1.165, 1.54) is 9.42 Å². The minimum Gasteiger partial charge on any atom is -0.325 e. The molecule has 1 aliphatic heterocycles. The zero-order chi connectivity index (χ0) is 25.7. The number of benzene rings is 3. The molecule has 3 heterocycles. The third kappa shape index (κ3) is 4.22. The van der Waals surface area contributed by atoms with Crippen molar-refractivity contribution >= 4 is 72.6 Å². The van der Waals surface area contributed by atoms with E-state index in [2.05, 4.69) is 31.3 Å². The van der Waals surface area contributed by atoms with Gasteiger partial charge in [-0.2, -0.15) is 9.50 Å². The minimum atomic E-state index is -0.429. The number of carbonyl (C=O) groups is 2. The smallest absolute Gasteiger partial charge is 0.291 e. The topological polar surface area (TPSA) is 96.7 Å². The Morgan fingerprint density at radius 1 is 1.00 bits per heavy atom. The number of amides is 2. The van der Waals surface area contributed by atoms with Gasteiger partial charge in [-0.25, -0.2) is 0 Å². The van der Waals surface area contributed by atoms with Crippen molar-refractivity contribution in [2.24, 2.45) is 0 Å². The van der Waals surface area contributed by atoms with Gasteiger partial charge in [0, 0.05) is 26.3 Å². The van der Waals surface area contributed by atoms with E-state index in [-0.39, 0.29) is 22.6 Å². The summed E-state index contributed by atoms with van der Waals surface area (Å²) in [5, 5.41) is 7.70. The molecule has 0 radical (unpaired) electrons. The lowest BCUT2D eigenvalue weighted by Gasteiger charge is -2.16. The molecule has 0 aliphatic carbocycles. The SMILES string of the molecule is O=C(CN1C(=O)/C(=c2\sc3nc(-c4ccc(Br)cc4)nn3c2=O)c2ccccc21)Nc1ccc(Cl)cc1. The number of nitrogens with zero attached hydrogens (tertiary/aromatic N) is 4. The second kappa shape index (κ2) is 9.22. The third-order valence-corrected chi connectivity index (χ3v) is 7.65. The van der Waals surface area contributed by atoms with Crippen LogP contribution in [0.4, 0.5) is 11.4 Å². The molecule has 1 aliphatic rings. The first-order valence-corrected chi connectivity index (χ1v) is 13.0. The van der Waals surface area contributed by atoms with Crippen LogP contribution in [-0.4, -0.2) is 33.0 Å². The largest absolute Gasteiger partial charge is 0.325 e. The second-order valence-corrected chi connectivity index (χ2v) is 10.5. The molecular weight excluding hydrogens is 578 g/mol. The molecular formula is C26H15BrClN5O3S. The highest BCUT2D eigenvalue weighted by atomic mass is 79.9. The molecule has 2 amide bonds. The maximum absolute atomic E-state index is 13.6. The molecule has 3 aromatic carbocycles. The highest BCUT2D eigenvalue weighted by Crippen LogP contribution is 2.35. The first-order valence-electron chi connectivity index (χ1n) is 11.1. The maximum atomic E-state index is 13.6. The Morgan fingerprint density at radius 2 is 1.73 bits per heavy atom. The Labute approximate surface area is 226 Å². The highest BCUT2D eigenvalue weighted by molar-refractivity contribution is 9.10. The van der Waals surface area contributed by atoms with Crippen LogP contribution in [0.25, 0.3) is 21.9 Å². The van der Waals surface area contributed by atoms with Crippen LogP contribution in [-0.2, 0) is 9.59 Å². The molecule has 0 saturated heterocycles. The van der Waals surface area contributed by atoms with Crippen molar-refractivity contribution in [1.29, 1.82) is 0 Å². The molecule has 0 bridgehead atoms. The van der Waals surface area contributed by atoms with Crippen LogP contribution >= 0.6 is 38.9 Å². The van der Waals surface area contributed by atoms with Gasteiger partial charge in [0.25, 0.3) is 11.5 Å². The fourth-order valence-electron chi connectivity index (χ4n) is 4.14. The van der Waals surface area contributed by atoms with E-state index in [0.717, 1.165) is 21.4 Å². The number of hydrogen-bond acceptors (Lipinski definition) is 6. The molecule has 1 N–H and O–H groups in total. The predicted octanol–water partition coefficient (Wildman–Crippen LogP) is 4.14. The quantitative estimate of drug-likeness (QED) is 0.339. The molecule has 8 nitrogen and oxygen atoms in total. The lowest BCUT2D eigenvalue weighted by Crippen LogP contribution is -2.37. The van der Waals surface area contributed by atoms with Crippen molar-refractivity contribution in [2.75, 3.05) is 16.8 Å². The van der Waals surface area contributed by atoms with E-state index in [1.807, 2.05) is 24.3 Å². The van der Waals surface area contributed by atoms with Gasteiger partial charge >= 0.3 is 0 Å². The number of carbonyl (C=O) groups excluding carboxylic acids is 2. The van der Waals surface area contributed by atoms with Crippen molar-refractivity contribution in [2.45, 2.75) is 0 Å². The summed E-state index contributed by atoms with van der Waals surface area (Å²) < 4.78 is 2.37. The van der Waals surface area contributed by atoms with Gasteiger partial charge in [0.15, 0.2) is 5.82 Å². The summed E-state index contributed by atoms with van der Waals surface area (Å²) in [6.07, 6.45) is 0. The Hall–Kier alpha value is -3.86. The number of hydrogen-bond donors (Lipinski definition) is 1. The van der Waals surface area contributed by atoms with Crippen molar-refractivity contribution in [1.82, 2.24) is 14.6 Å². The van der Waals surface area contributed by atoms with Crippen LogP contribution in [0.1, 0.15) is 5.56 Å². The van der Waals surface area contributed by atoms with Gasteiger partial charge in [0.05, 0.1) is 11.3 Å². The minimum absolute atomic E-state index is 0.218. The normalized spacial score (nSPS) is 14.3. The van der Waals surface area contributed by atoms with Gasteiger partial charge in [0.2, 0.25) is 10.9 Å². The van der Waals surface area contributed by atoms with E-state index in [1.54, 1.807) is 48.5 Å². The predicted molar refractivity (Wildman–Crippen MR) is 147 cm³/mol. The van der Waals surface area contributed by atoms with Gasteiger partial charge in [-0.15, -0.1) is 5.10 Å². The van der Waals surface area contributed by atoms with Crippen molar-refractivity contribution in [3.05, 3.63) is 103 Å². The fraction of sp³-hybridized carbons (Fsp3) is 0.0385. The lowest BCUT2D eigenvalue weighted by molar-refractivity contribution is -0.118. The van der Waals surface area contributed by atoms with Crippen LogP contribution in [0.2, 0.25) is 5.02 Å². The zero-order valence-corrected chi connectivity index (χ0v) is 22.0. The van der Waals surface area contributed by atoms with E-state index in [9.17, 15) is 14.4 Å². The van der Waals surface area contributed by atoms with E-state index in [0.29, 0.717) is 32.7 Å². The number of thiazole rings is 1. The van der Waals surface area contributed by atoms with Gasteiger partial charge in [-0.05, 0) is 42.5 Å². The number of nitrogens with one attached hydrogen (secondary N) is 1. The van der Waals surface area contributed by atoms with Crippen LogP contribution in [0.15, 0.2) is 82.1 Å². The average Bonchev–Trinajstić information content (AvgIpc) is 3.52. The summed E-state index contributed by atoms with van der Waals surface area (Å²) in [6.45, 7) is -0.218. The van der Waals surface area contributed by atoms with E-state index in [4.69, 9.17) is 11.6 Å². The van der Waals surface area contributed by atoms with Crippen LogP contribution < -0.4 is 20.3 Å². The molecule has 0 spiro atoms. The summed E-state index contributed by atoms with van der Waals surface area (Å²) in [7, 11) is 0. The molecule has 182 valence electrons. The Kier molecular flexibility index (Phi) is 5.86. The molecule has 5 aromatic rings. The fourth-order valence-corrected chi connectivity index (χ4v) is 5.53. The number of aromatic nitrogens is 3. The molecule has 37 heavy (non-hydrogen) atoms. The Morgan fingerprint density at radius 3 is 2.46 bits per heavy atom. The summed E-state index contributed by atoms with van der Waals surface area (Å²) in [6, 6.07) is 21.2. The van der Waals surface area contributed by atoms with Crippen LogP contribution in [0.5, 0.6) is 0 Å². The van der Waals surface area contributed by atoms with Crippen LogP contribution in [0.3, 0.4) is 0 Å². The Balaban J connectivity index is 1.38. The monoisotopic (exact) mass is 591 g/mol. The first-order chi connectivity index (χ1) is 17.9. The van der Waals surface area contributed by atoms with Gasteiger partial charge in [0.1, 0.15) is 11.1 Å². The highest BCUT2D eigenvalue weighted by Gasteiger charge is 2.35. The number of anilines is 2. The summed E-state index contributed by atoms with van der Waals surface area (Å²) in [5.41, 5.74) is 2.29. The van der Waals surface area contributed by atoms with Crippen LogP contribution in [0, 0.1) is 0 Å². The molecule has 11 heteroatoms. The van der Waals surface area contributed by atoms with Gasteiger partial charge < -0.3 is 5.32 Å². The third-order valence-electron chi connectivity index (χ3n) is 5.84. The van der Waals surface area contributed by atoms with E-state index >= 15 is 0 Å². The number of halogens is 2. The molecule has 6 rings (SSSR count). The van der Waals surface area contributed by atoms with Crippen molar-refractivity contribution in [3.8, 4) is 11.4 Å². The first kappa shape index (κ1) is 23.5. The van der Waals surface area contributed by atoms with Gasteiger partial charge in [-0.1, -0.05) is 69.2 Å². The summed E-state index contributed by atoms with van der Waals surface area (Å²) in [4.78, 5) is 46.0. The van der Waals surface area contributed by atoms with E-state index < -0.39 is 11.5 Å². The molecule has 2 aromatic heterocycles. The standard InChI is InChI=1S/C26H15BrClN5O3S/c27-15-7-5-14(6-8-15)23-30-26-33(31-23)25(36)22(37-26)21-18-3-1-2-4-19(18)32(24(21)35)13-20(34)29-17-11-9-16(28)10-12-17/h1-12H,13H2,(H,29,34)/b22-21-. The lowest BCUT2D eigenvalue weighted by atomic mass is 10.1. The van der Waals surface area contributed by atoms with Crippen molar-refractivity contribution < 1.29 is 9.59 Å². The number of rotatable bonds is 4. The molecule has 0 saturated carbocycles.